The lowest BCUT2D eigenvalue weighted by molar-refractivity contribution is -0.147. The van der Waals surface area contributed by atoms with Crippen molar-refractivity contribution in [2.45, 2.75) is 33.3 Å². The molecule has 1 aliphatic heterocycles. The minimum atomic E-state index is -1.09. The molecule has 1 N–H and O–H groups in total. The van der Waals surface area contributed by atoms with Crippen molar-refractivity contribution >= 4 is 17.8 Å². The van der Waals surface area contributed by atoms with Gasteiger partial charge in [-0.2, -0.15) is 0 Å². The Morgan fingerprint density at radius 3 is 2.64 bits per heavy atom. The predicted octanol–water partition coefficient (Wildman–Crippen LogP) is -0.00556. The molecule has 1 atom stereocenters. The Hall–Kier alpha value is -2.42. The summed E-state index contributed by atoms with van der Waals surface area (Å²) >= 11 is 0. The van der Waals surface area contributed by atoms with E-state index in [2.05, 4.69) is 5.16 Å². The summed E-state index contributed by atoms with van der Waals surface area (Å²) in [6, 6.07) is 0. The van der Waals surface area contributed by atoms with E-state index in [1.165, 1.54) is 11.8 Å². The van der Waals surface area contributed by atoms with Crippen molar-refractivity contribution in [2.75, 3.05) is 32.8 Å². The Bertz CT molecular complexity index is 637. The first-order valence-electron chi connectivity index (χ1n) is 8.06. The predicted molar refractivity (Wildman–Crippen MR) is 85.9 cm³/mol. The van der Waals surface area contributed by atoms with Crippen molar-refractivity contribution in [1.82, 2.24) is 15.0 Å². The summed E-state index contributed by atoms with van der Waals surface area (Å²) in [5.41, 5.74) is 1.48. The fourth-order valence-electron chi connectivity index (χ4n) is 2.79. The van der Waals surface area contributed by atoms with E-state index in [0.29, 0.717) is 31.2 Å². The normalized spacial score (nSPS) is 17.4. The smallest absolute Gasteiger partial charge is 0.323 e. The first kappa shape index (κ1) is 18.9. The molecule has 1 unspecified atom stereocenters. The molecule has 2 heterocycles. The molecule has 1 aromatic heterocycles. The number of aromatic nitrogens is 1. The van der Waals surface area contributed by atoms with Crippen LogP contribution >= 0.6 is 0 Å². The van der Waals surface area contributed by atoms with Crippen LogP contribution in [0.15, 0.2) is 4.52 Å². The van der Waals surface area contributed by atoms with E-state index in [0.717, 1.165) is 5.56 Å². The van der Waals surface area contributed by atoms with E-state index in [1.54, 1.807) is 18.7 Å². The lowest BCUT2D eigenvalue weighted by Gasteiger charge is -2.35. The molecule has 2 amide bonds. The standard InChI is InChI=1S/C16H23N3O6/c1-10-14(11(2)25-17-10)6-15(21)18-4-5-24-13(7-18)8-19(12(3)20)9-16(22)23/h13H,4-9H2,1-3H3,(H,22,23). The van der Waals surface area contributed by atoms with Crippen LogP contribution in [0.5, 0.6) is 0 Å². The Balaban J connectivity index is 1.96. The molecule has 0 saturated carbocycles. The summed E-state index contributed by atoms with van der Waals surface area (Å²) in [6.07, 6.45) is -0.218. The molecule has 0 aliphatic carbocycles. The zero-order valence-corrected chi connectivity index (χ0v) is 14.7. The van der Waals surface area contributed by atoms with Gasteiger partial charge in [-0.15, -0.1) is 0 Å². The number of carboxylic acids is 1. The van der Waals surface area contributed by atoms with Crippen LogP contribution in [-0.4, -0.2) is 76.7 Å². The number of aryl methyl sites for hydroxylation is 2. The van der Waals surface area contributed by atoms with Gasteiger partial charge in [0.15, 0.2) is 0 Å². The highest BCUT2D eigenvalue weighted by Gasteiger charge is 2.28. The van der Waals surface area contributed by atoms with Crippen LogP contribution in [0.2, 0.25) is 0 Å². The van der Waals surface area contributed by atoms with Crippen LogP contribution in [0.1, 0.15) is 23.9 Å². The highest BCUT2D eigenvalue weighted by molar-refractivity contribution is 5.80. The number of ether oxygens (including phenoxy) is 1. The minimum Gasteiger partial charge on any atom is -0.480 e. The number of rotatable bonds is 6. The van der Waals surface area contributed by atoms with Crippen LogP contribution in [-0.2, 0) is 25.5 Å². The number of nitrogens with zero attached hydrogens (tertiary/aromatic N) is 3. The molecule has 138 valence electrons. The Labute approximate surface area is 145 Å². The number of carbonyl (C=O) groups excluding carboxylic acids is 2. The number of hydrogen-bond donors (Lipinski definition) is 1. The van der Waals surface area contributed by atoms with E-state index >= 15 is 0 Å². The third-order valence-corrected chi connectivity index (χ3v) is 4.20. The van der Waals surface area contributed by atoms with Crippen molar-refractivity contribution in [3.8, 4) is 0 Å². The molecule has 2 rings (SSSR count). The lowest BCUT2D eigenvalue weighted by atomic mass is 10.1. The summed E-state index contributed by atoms with van der Waals surface area (Å²) in [7, 11) is 0. The van der Waals surface area contributed by atoms with Gasteiger partial charge in [-0.25, -0.2) is 0 Å². The number of hydrogen-bond acceptors (Lipinski definition) is 6. The van der Waals surface area contributed by atoms with E-state index in [-0.39, 0.29) is 31.3 Å². The Morgan fingerprint density at radius 2 is 2.08 bits per heavy atom. The molecule has 0 bridgehead atoms. The van der Waals surface area contributed by atoms with Crippen molar-refractivity contribution in [2.24, 2.45) is 0 Å². The monoisotopic (exact) mass is 353 g/mol. The molecule has 9 nitrogen and oxygen atoms in total. The highest BCUT2D eigenvalue weighted by Crippen LogP contribution is 2.16. The summed E-state index contributed by atoms with van der Waals surface area (Å²) in [4.78, 5) is 37.8. The van der Waals surface area contributed by atoms with Crippen LogP contribution in [0.25, 0.3) is 0 Å². The molecule has 9 heteroatoms. The zero-order chi connectivity index (χ0) is 18.6. The zero-order valence-electron chi connectivity index (χ0n) is 14.7. The van der Waals surface area contributed by atoms with Crippen LogP contribution in [0.4, 0.5) is 0 Å². The van der Waals surface area contributed by atoms with E-state index in [9.17, 15) is 14.4 Å². The average Bonchev–Trinajstić information content (AvgIpc) is 2.86. The molecular formula is C16H23N3O6. The first-order chi connectivity index (χ1) is 11.8. The topological polar surface area (TPSA) is 113 Å². The molecule has 1 aromatic rings. The van der Waals surface area contributed by atoms with E-state index in [1.807, 2.05) is 0 Å². The first-order valence-corrected chi connectivity index (χ1v) is 8.06. The Kier molecular flexibility index (Phi) is 6.13. The maximum atomic E-state index is 12.5. The quantitative estimate of drug-likeness (QED) is 0.765. The molecule has 1 saturated heterocycles. The van der Waals surface area contributed by atoms with Crippen molar-refractivity contribution in [3.63, 3.8) is 0 Å². The van der Waals surface area contributed by atoms with Gasteiger partial charge in [-0.05, 0) is 13.8 Å². The fraction of sp³-hybridized carbons (Fsp3) is 0.625. The van der Waals surface area contributed by atoms with Crippen molar-refractivity contribution in [3.05, 3.63) is 17.0 Å². The second-order valence-corrected chi connectivity index (χ2v) is 6.11. The van der Waals surface area contributed by atoms with Gasteiger partial charge in [0, 0.05) is 32.1 Å². The van der Waals surface area contributed by atoms with Crippen LogP contribution < -0.4 is 0 Å². The van der Waals surface area contributed by atoms with Gasteiger partial charge in [0.2, 0.25) is 11.8 Å². The fourth-order valence-corrected chi connectivity index (χ4v) is 2.79. The van der Waals surface area contributed by atoms with E-state index < -0.39 is 12.1 Å². The third-order valence-electron chi connectivity index (χ3n) is 4.20. The van der Waals surface area contributed by atoms with Gasteiger partial charge < -0.3 is 24.2 Å². The van der Waals surface area contributed by atoms with Gasteiger partial charge in [-0.1, -0.05) is 5.16 Å². The van der Waals surface area contributed by atoms with Crippen molar-refractivity contribution in [1.29, 1.82) is 0 Å². The molecule has 0 radical (unpaired) electrons. The van der Waals surface area contributed by atoms with Gasteiger partial charge >= 0.3 is 5.97 Å². The van der Waals surface area contributed by atoms with E-state index in [4.69, 9.17) is 14.4 Å². The molecule has 25 heavy (non-hydrogen) atoms. The number of carbonyl (C=O) groups is 3. The molecule has 1 aliphatic rings. The van der Waals surface area contributed by atoms with Crippen LogP contribution in [0, 0.1) is 13.8 Å². The van der Waals surface area contributed by atoms with Gasteiger partial charge in [0.1, 0.15) is 12.3 Å². The number of amides is 2. The largest absolute Gasteiger partial charge is 0.480 e. The number of morpholine rings is 1. The van der Waals surface area contributed by atoms with Crippen LogP contribution in [0.3, 0.4) is 0 Å². The summed E-state index contributed by atoms with van der Waals surface area (Å²) in [5, 5.41) is 12.7. The number of carboxylic acid groups (broad SMARTS) is 1. The summed E-state index contributed by atoms with van der Waals surface area (Å²) in [5.74, 6) is -0.877. The maximum Gasteiger partial charge on any atom is 0.323 e. The molecule has 0 spiro atoms. The summed E-state index contributed by atoms with van der Waals surface area (Å²) < 4.78 is 10.7. The lowest BCUT2D eigenvalue weighted by Crippen LogP contribution is -2.51. The highest BCUT2D eigenvalue weighted by atomic mass is 16.5. The second kappa shape index (κ2) is 8.11. The molecule has 0 aromatic carbocycles. The molecular weight excluding hydrogens is 330 g/mol. The van der Waals surface area contributed by atoms with Gasteiger partial charge in [0.05, 0.1) is 24.8 Å². The third kappa shape index (κ3) is 5.02. The van der Waals surface area contributed by atoms with Gasteiger partial charge in [-0.3, -0.25) is 14.4 Å². The SMILES string of the molecule is CC(=O)N(CC(=O)O)CC1CN(C(=O)Cc2c(C)noc2C)CCO1. The second-order valence-electron chi connectivity index (χ2n) is 6.11. The number of aliphatic carboxylic acids is 1. The van der Waals surface area contributed by atoms with Gasteiger partial charge in [0.25, 0.3) is 0 Å². The summed E-state index contributed by atoms with van der Waals surface area (Å²) in [6.45, 7) is 5.73. The minimum absolute atomic E-state index is 0.0738. The van der Waals surface area contributed by atoms with Crippen molar-refractivity contribution < 1.29 is 28.8 Å². The molecule has 1 fully saturated rings. The average molecular weight is 353 g/mol. The Morgan fingerprint density at radius 1 is 1.36 bits per heavy atom. The maximum absolute atomic E-state index is 12.5.